The van der Waals surface area contributed by atoms with Crippen molar-refractivity contribution in [2.45, 2.75) is 38.6 Å². The highest BCUT2D eigenvalue weighted by atomic mass is 16.5. The molecule has 1 amide bonds. The molecule has 23 heavy (non-hydrogen) atoms. The summed E-state index contributed by atoms with van der Waals surface area (Å²) in [7, 11) is 3.32. The molecule has 124 valence electrons. The van der Waals surface area contributed by atoms with E-state index < -0.39 is 0 Å². The molecule has 3 aliphatic rings. The van der Waals surface area contributed by atoms with Crippen LogP contribution < -0.4 is 9.47 Å². The van der Waals surface area contributed by atoms with Gasteiger partial charge in [-0.25, -0.2) is 0 Å². The maximum absolute atomic E-state index is 12.9. The van der Waals surface area contributed by atoms with E-state index in [0.29, 0.717) is 30.2 Å². The molecule has 2 unspecified atom stereocenters. The lowest BCUT2D eigenvalue weighted by Crippen LogP contribution is -2.37. The summed E-state index contributed by atoms with van der Waals surface area (Å²) in [5.41, 5.74) is 2.48. The van der Waals surface area contributed by atoms with E-state index in [1.54, 1.807) is 14.2 Å². The Balaban J connectivity index is 1.51. The molecule has 4 nitrogen and oxygen atoms in total. The quantitative estimate of drug-likeness (QED) is 0.860. The Labute approximate surface area is 137 Å². The summed E-state index contributed by atoms with van der Waals surface area (Å²) in [6.07, 6.45) is 6.05. The van der Waals surface area contributed by atoms with Crippen LogP contribution in [-0.4, -0.2) is 31.6 Å². The van der Waals surface area contributed by atoms with Crippen molar-refractivity contribution in [3.8, 4) is 11.5 Å². The normalized spacial score (nSPS) is 28.6. The molecular weight excluding hydrogens is 290 g/mol. The number of fused-ring (bicyclic) bond motifs is 2. The van der Waals surface area contributed by atoms with Gasteiger partial charge in [0.1, 0.15) is 0 Å². The van der Waals surface area contributed by atoms with Crippen molar-refractivity contribution in [3.63, 3.8) is 0 Å². The second kappa shape index (κ2) is 5.73. The molecule has 2 aliphatic carbocycles. The predicted molar refractivity (Wildman–Crippen MR) is 87.6 cm³/mol. The number of carbonyl (C=O) groups excluding carboxylic acids is 1. The Morgan fingerprint density at radius 1 is 1.04 bits per heavy atom. The van der Waals surface area contributed by atoms with Gasteiger partial charge in [-0.2, -0.15) is 0 Å². The fraction of sp³-hybridized carbons (Fsp3) is 0.632. The molecule has 0 radical (unpaired) electrons. The van der Waals surface area contributed by atoms with Gasteiger partial charge >= 0.3 is 0 Å². The number of benzene rings is 1. The average molecular weight is 315 g/mol. The van der Waals surface area contributed by atoms with Gasteiger partial charge in [0.2, 0.25) is 5.91 Å². The first kappa shape index (κ1) is 14.9. The first-order valence-corrected chi connectivity index (χ1v) is 8.75. The fourth-order valence-electron chi connectivity index (χ4n) is 4.64. The topological polar surface area (TPSA) is 38.8 Å². The molecule has 1 aromatic carbocycles. The van der Waals surface area contributed by atoms with Gasteiger partial charge in [-0.15, -0.1) is 0 Å². The van der Waals surface area contributed by atoms with Gasteiger partial charge in [0.05, 0.1) is 14.2 Å². The summed E-state index contributed by atoms with van der Waals surface area (Å²) in [6.45, 7) is 1.54. The third-order valence-corrected chi connectivity index (χ3v) is 5.97. The minimum Gasteiger partial charge on any atom is -0.493 e. The van der Waals surface area contributed by atoms with Crippen LogP contribution in [0.4, 0.5) is 0 Å². The maximum atomic E-state index is 12.9. The molecule has 2 saturated carbocycles. The lowest BCUT2D eigenvalue weighted by molar-refractivity contribution is -0.134. The number of nitrogens with zero attached hydrogens (tertiary/aromatic N) is 1. The zero-order valence-electron chi connectivity index (χ0n) is 14.0. The summed E-state index contributed by atoms with van der Waals surface area (Å²) in [4.78, 5) is 15.0. The van der Waals surface area contributed by atoms with Crippen LogP contribution in [0.25, 0.3) is 0 Å². The van der Waals surface area contributed by atoms with Crippen LogP contribution >= 0.6 is 0 Å². The first-order chi connectivity index (χ1) is 11.2. The first-order valence-electron chi connectivity index (χ1n) is 8.75. The van der Waals surface area contributed by atoms with Gasteiger partial charge in [0.15, 0.2) is 11.5 Å². The van der Waals surface area contributed by atoms with E-state index in [2.05, 4.69) is 11.0 Å². The Hall–Kier alpha value is -1.71. The van der Waals surface area contributed by atoms with Crippen LogP contribution in [0.5, 0.6) is 11.5 Å². The Morgan fingerprint density at radius 2 is 1.65 bits per heavy atom. The largest absolute Gasteiger partial charge is 0.493 e. The van der Waals surface area contributed by atoms with Crippen LogP contribution in [0, 0.1) is 17.8 Å². The molecule has 4 rings (SSSR count). The second-order valence-corrected chi connectivity index (χ2v) is 7.12. The molecule has 0 spiro atoms. The van der Waals surface area contributed by atoms with E-state index in [9.17, 15) is 4.79 Å². The highest BCUT2D eigenvalue weighted by molar-refractivity contribution is 5.82. The standard InChI is InChI=1S/C19H25NO3/c1-22-16-9-12-7-8-20(11-13(12)10-17(16)23-2)19(21)18-14-5-3-4-6-15(14)18/h9-10,14-15,18H,3-8,11H2,1-2H3. The average Bonchev–Trinajstić information content (AvgIpc) is 3.33. The molecule has 2 fully saturated rings. The van der Waals surface area contributed by atoms with Gasteiger partial charge in [-0.05, 0) is 54.4 Å². The summed E-state index contributed by atoms with van der Waals surface area (Å²) < 4.78 is 10.8. The number of rotatable bonds is 3. The molecule has 4 heteroatoms. The zero-order valence-corrected chi connectivity index (χ0v) is 14.0. The van der Waals surface area contributed by atoms with Gasteiger partial charge < -0.3 is 14.4 Å². The van der Waals surface area contributed by atoms with Crippen LogP contribution in [0.1, 0.15) is 36.8 Å². The van der Waals surface area contributed by atoms with Crippen molar-refractivity contribution >= 4 is 5.91 Å². The number of hydrogen-bond donors (Lipinski definition) is 0. The third-order valence-electron chi connectivity index (χ3n) is 5.97. The maximum Gasteiger partial charge on any atom is 0.226 e. The number of amides is 1. The van der Waals surface area contributed by atoms with Crippen molar-refractivity contribution in [1.82, 2.24) is 4.90 Å². The van der Waals surface area contributed by atoms with Crippen molar-refractivity contribution in [1.29, 1.82) is 0 Å². The van der Waals surface area contributed by atoms with E-state index in [1.165, 1.54) is 36.8 Å². The van der Waals surface area contributed by atoms with Crippen molar-refractivity contribution in [3.05, 3.63) is 23.3 Å². The van der Waals surface area contributed by atoms with E-state index >= 15 is 0 Å². The smallest absolute Gasteiger partial charge is 0.226 e. The molecule has 0 aromatic heterocycles. The predicted octanol–water partition coefficient (Wildman–Crippen LogP) is 3.02. The zero-order chi connectivity index (χ0) is 16.0. The van der Waals surface area contributed by atoms with Crippen LogP contribution in [0.2, 0.25) is 0 Å². The number of carbonyl (C=O) groups is 1. The molecule has 0 bridgehead atoms. The molecular formula is C19H25NO3. The summed E-state index contributed by atoms with van der Waals surface area (Å²) in [6, 6.07) is 4.10. The van der Waals surface area contributed by atoms with E-state index in [1.807, 2.05) is 6.07 Å². The van der Waals surface area contributed by atoms with E-state index in [0.717, 1.165) is 24.5 Å². The third kappa shape index (κ3) is 2.48. The molecule has 1 aliphatic heterocycles. The molecule has 0 N–H and O–H groups in total. The number of ether oxygens (including phenoxy) is 2. The Bertz CT molecular complexity index is 615. The number of hydrogen-bond acceptors (Lipinski definition) is 3. The molecule has 2 atom stereocenters. The monoisotopic (exact) mass is 315 g/mol. The SMILES string of the molecule is COc1cc2c(cc1OC)CN(C(=O)C1C3CCCCC31)CC2. The second-order valence-electron chi connectivity index (χ2n) is 7.12. The van der Waals surface area contributed by atoms with Crippen LogP contribution in [0.15, 0.2) is 12.1 Å². The molecule has 1 heterocycles. The number of methoxy groups -OCH3 is 2. The van der Waals surface area contributed by atoms with Gasteiger partial charge in [-0.3, -0.25) is 4.79 Å². The summed E-state index contributed by atoms with van der Waals surface area (Å²) >= 11 is 0. The summed E-state index contributed by atoms with van der Waals surface area (Å²) in [5, 5.41) is 0. The van der Waals surface area contributed by atoms with E-state index in [4.69, 9.17) is 9.47 Å². The van der Waals surface area contributed by atoms with E-state index in [-0.39, 0.29) is 0 Å². The van der Waals surface area contributed by atoms with Crippen molar-refractivity contribution in [2.24, 2.45) is 17.8 Å². The van der Waals surface area contributed by atoms with Crippen LogP contribution in [-0.2, 0) is 17.8 Å². The Kier molecular flexibility index (Phi) is 3.70. The van der Waals surface area contributed by atoms with Crippen LogP contribution in [0.3, 0.4) is 0 Å². The Morgan fingerprint density at radius 3 is 2.26 bits per heavy atom. The van der Waals surface area contributed by atoms with Gasteiger partial charge in [0, 0.05) is 19.0 Å². The lowest BCUT2D eigenvalue weighted by Gasteiger charge is -2.30. The minimum absolute atomic E-state index is 0.319. The van der Waals surface area contributed by atoms with Crippen molar-refractivity contribution in [2.75, 3.05) is 20.8 Å². The fourth-order valence-corrected chi connectivity index (χ4v) is 4.64. The molecule has 1 aromatic rings. The highest BCUT2D eigenvalue weighted by Gasteiger charge is 2.55. The van der Waals surface area contributed by atoms with Crippen molar-refractivity contribution < 1.29 is 14.3 Å². The minimum atomic E-state index is 0.319. The summed E-state index contributed by atoms with van der Waals surface area (Å²) in [5.74, 6) is 3.60. The highest BCUT2D eigenvalue weighted by Crippen LogP contribution is 2.56. The lowest BCUT2D eigenvalue weighted by atomic mass is 9.98. The molecule has 0 saturated heterocycles. The van der Waals surface area contributed by atoms with Gasteiger partial charge in [-0.1, -0.05) is 12.8 Å². The van der Waals surface area contributed by atoms with Gasteiger partial charge in [0.25, 0.3) is 0 Å².